The molecule has 0 saturated heterocycles. The van der Waals surface area contributed by atoms with E-state index in [-0.39, 0.29) is 11.7 Å². The lowest BCUT2D eigenvalue weighted by Crippen LogP contribution is -1.95. The molecule has 0 bridgehead atoms. The lowest BCUT2D eigenvalue weighted by molar-refractivity contribution is -0.387. The summed E-state index contributed by atoms with van der Waals surface area (Å²) in [6.45, 7) is 3.93. The molecule has 0 aliphatic heterocycles. The Balaban J connectivity index is 2.79. The second-order valence-electron chi connectivity index (χ2n) is 3.66. The van der Waals surface area contributed by atoms with E-state index in [4.69, 9.17) is 0 Å². The van der Waals surface area contributed by atoms with Crippen LogP contribution in [0.1, 0.15) is 25.6 Å². The molecule has 78 valence electrons. The number of pyridine rings is 1. The zero-order chi connectivity index (χ0) is 11.0. The fourth-order valence-corrected chi connectivity index (χ4v) is 1.59. The number of nitrogens with zero attached hydrogens (tertiary/aromatic N) is 3. The minimum atomic E-state index is -0.443. The highest BCUT2D eigenvalue weighted by Gasteiger charge is 2.22. The molecule has 5 nitrogen and oxygen atoms in total. The summed E-state index contributed by atoms with van der Waals surface area (Å²) in [5.74, 6) is 0.810. The molecular formula is C10H11N3O2. The van der Waals surface area contributed by atoms with Gasteiger partial charge in [-0.3, -0.25) is 4.40 Å². The third kappa shape index (κ3) is 1.45. The van der Waals surface area contributed by atoms with Gasteiger partial charge in [0.15, 0.2) is 0 Å². The molecule has 0 amide bonds. The number of nitro groups is 1. The lowest BCUT2D eigenvalue weighted by Gasteiger charge is -1.97. The molecule has 0 aliphatic rings. The van der Waals surface area contributed by atoms with Crippen molar-refractivity contribution >= 4 is 11.3 Å². The van der Waals surface area contributed by atoms with E-state index in [9.17, 15) is 10.1 Å². The summed E-state index contributed by atoms with van der Waals surface area (Å²) in [5.41, 5.74) is 0.547. The first-order valence-corrected chi connectivity index (χ1v) is 4.72. The molecule has 2 aromatic heterocycles. The van der Waals surface area contributed by atoms with Gasteiger partial charge >= 0.3 is 5.82 Å². The van der Waals surface area contributed by atoms with Crippen molar-refractivity contribution < 1.29 is 4.92 Å². The highest BCUT2D eigenvalue weighted by molar-refractivity contribution is 5.62. The van der Waals surface area contributed by atoms with Crippen molar-refractivity contribution in [1.82, 2.24) is 9.38 Å². The van der Waals surface area contributed by atoms with Crippen LogP contribution in [-0.4, -0.2) is 14.3 Å². The van der Waals surface area contributed by atoms with Gasteiger partial charge in [0.25, 0.3) is 0 Å². The molecule has 2 aromatic rings. The van der Waals surface area contributed by atoms with Crippen molar-refractivity contribution in [3.63, 3.8) is 0 Å². The van der Waals surface area contributed by atoms with Crippen molar-refractivity contribution in [1.29, 1.82) is 0 Å². The standard InChI is InChI=1S/C10H11N3O2/c1-7(2)9-11-10(13(14)15)8-5-3-4-6-12(8)9/h3-7H,1-2H3. The molecule has 0 saturated carbocycles. The first-order valence-electron chi connectivity index (χ1n) is 4.72. The summed E-state index contributed by atoms with van der Waals surface area (Å²) >= 11 is 0. The van der Waals surface area contributed by atoms with Crippen molar-refractivity contribution in [3.05, 3.63) is 40.3 Å². The largest absolute Gasteiger partial charge is 0.389 e. The van der Waals surface area contributed by atoms with Crippen LogP contribution in [0, 0.1) is 10.1 Å². The van der Waals surface area contributed by atoms with Gasteiger partial charge in [-0.1, -0.05) is 19.9 Å². The van der Waals surface area contributed by atoms with Crippen LogP contribution in [0.15, 0.2) is 24.4 Å². The maximum atomic E-state index is 10.8. The topological polar surface area (TPSA) is 60.4 Å². The van der Waals surface area contributed by atoms with Crippen LogP contribution in [-0.2, 0) is 0 Å². The molecule has 0 radical (unpaired) electrons. The van der Waals surface area contributed by atoms with E-state index in [1.54, 1.807) is 22.7 Å². The van der Waals surface area contributed by atoms with Gasteiger partial charge < -0.3 is 10.1 Å². The average molecular weight is 205 g/mol. The van der Waals surface area contributed by atoms with Crippen LogP contribution in [0.2, 0.25) is 0 Å². The Morgan fingerprint density at radius 3 is 2.80 bits per heavy atom. The number of hydrogen-bond donors (Lipinski definition) is 0. The maximum Gasteiger partial charge on any atom is 0.389 e. The quantitative estimate of drug-likeness (QED) is 0.558. The number of rotatable bonds is 2. The van der Waals surface area contributed by atoms with Crippen LogP contribution < -0.4 is 0 Å². The molecule has 0 spiro atoms. The highest BCUT2D eigenvalue weighted by Crippen LogP contribution is 2.24. The lowest BCUT2D eigenvalue weighted by atomic mass is 10.2. The van der Waals surface area contributed by atoms with E-state index < -0.39 is 4.92 Å². The van der Waals surface area contributed by atoms with E-state index >= 15 is 0 Å². The Hall–Kier alpha value is -1.91. The highest BCUT2D eigenvalue weighted by atomic mass is 16.6. The molecule has 2 rings (SSSR count). The zero-order valence-corrected chi connectivity index (χ0v) is 8.54. The predicted octanol–water partition coefficient (Wildman–Crippen LogP) is 2.37. The Labute approximate surface area is 86.5 Å². The van der Waals surface area contributed by atoms with Crippen LogP contribution in [0.5, 0.6) is 0 Å². The van der Waals surface area contributed by atoms with E-state index in [0.717, 1.165) is 5.82 Å². The van der Waals surface area contributed by atoms with Gasteiger partial charge in [0, 0.05) is 12.1 Å². The molecule has 0 unspecified atom stereocenters. The van der Waals surface area contributed by atoms with Crippen molar-refractivity contribution in [2.45, 2.75) is 19.8 Å². The number of aromatic nitrogens is 2. The van der Waals surface area contributed by atoms with E-state index in [1.165, 1.54) is 0 Å². The Bertz CT molecular complexity index is 516. The molecule has 5 heteroatoms. The molecule has 2 heterocycles. The SMILES string of the molecule is CC(C)c1nc([N+](=O)[O-])c2ccccn12. The van der Waals surface area contributed by atoms with Gasteiger partial charge in [-0.15, -0.1) is 0 Å². The van der Waals surface area contributed by atoms with Gasteiger partial charge in [0.05, 0.1) is 0 Å². The molecule has 0 fully saturated rings. The summed E-state index contributed by atoms with van der Waals surface area (Å²) in [7, 11) is 0. The van der Waals surface area contributed by atoms with Gasteiger partial charge in [0.2, 0.25) is 5.82 Å². The van der Waals surface area contributed by atoms with E-state index in [1.807, 2.05) is 19.9 Å². The fourth-order valence-electron chi connectivity index (χ4n) is 1.59. The van der Waals surface area contributed by atoms with Gasteiger partial charge in [0.1, 0.15) is 5.52 Å². The predicted molar refractivity (Wildman–Crippen MR) is 55.9 cm³/mol. The van der Waals surface area contributed by atoms with Gasteiger partial charge in [-0.25, -0.2) is 0 Å². The van der Waals surface area contributed by atoms with Crippen molar-refractivity contribution in [2.75, 3.05) is 0 Å². The summed E-state index contributed by atoms with van der Waals surface area (Å²) in [4.78, 5) is 14.4. The molecule has 0 aromatic carbocycles. The van der Waals surface area contributed by atoms with Crippen LogP contribution in [0.4, 0.5) is 5.82 Å². The van der Waals surface area contributed by atoms with E-state index in [0.29, 0.717) is 5.52 Å². The van der Waals surface area contributed by atoms with Crippen LogP contribution in [0.3, 0.4) is 0 Å². The second kappa shape index (κ2) is 3.34. The first kappa shape index (κ1) is 9.64. The van der Waals surface area contributed by atoms with E-state index in [2.05, 4.69) is 4.98 Å². The molecule has 0 N–H and O–H groups in total. The van der Waals surface area contributed by atoms with Crippen LogP contribution >= 0.6 is 0 Å². The Kier molecular flexibility index (Phi) is 2.15. The van der Waals surface area contributed by atoms with Gasteiger partial charge in [-0.05, 0) is 22.0 Å². The van der Waals surface area contributed by atoms with Crippen molar-refractivity contribution in [3.8, 4) is 0 Å². The summed E-state index contributed by atoms with van der Waals surface area (Å²) < 4.78 is 1.77. The molecular weight excluding hydrogens is 194 g/mol. The number of hydrogen-bond acceptors (Lipinski definition) is 3. The maximum absolute atomic E-state index is 10.8. The molecule has 0 aliphatic carbocycles. The Morgan fingerprint density at radius 2 is 2.20 bits per heavy atom. The molecule has 15 heavy (non-hydrogen) atoms. The summed E-state index contributed by atoms with van der Waals surface area (Å²) in [5, 5.41) is 10.8. The third-order valence-corrected chi connectivity index (χ3v) is 2.25. The average Bonchev–Trinajstić information content (AvgIpc) is 2.56. The van der Waals surface area contributed by atoms with Crippen molar-refractivity contribution in [2.24, 2.45) is 0 Å². The fraction of sp³-hybridized carbons (Fsp3) is 0.300. The number of fused-ring (bicyclic) bond motifs is 1. The normalized spacial score (nSPS) is 11.1. The number of imidazole rings is 1. The second-order valence-corrected chi connectivity index (χ2v) is 3.66. The minimum Gasteiger partial charge on any atom is -0.358 e. The monoisotopic (exact) mass is 205 g/mol. The Morgan fingerprint density at radius 1 is 1.47 bits per heavy atom. The van der Waals surface area contributed by atoms with Crippen LogP contribution in [0.25, 0.3) is 5.52 Å². The summed E-state index contributed by atoms with van der Waals surface area (Å²) in [6.07, 6.45) is 1.80. The summed E-state index contributed by atoms with van der Waals surface area (Å²) in [6, 6.07) is 5.31. The molecule has 0 atom stereocenters. The first-order chi connectivity index (χ1) is 7.11. The smallest absolute Gasteiger partial charge is 0.358 e. The minimum absolute atomic E-state index is 0.0701. The third-order valence-electron chi connectivity index (χ3n) is 2.25. The zero-order valence-electron chi connectivity index (χ0n) is 8.54. The van der Waals surface area contributed by atoms with Gasteiger partial charge in [-0.2, -0.15) is 0 Å².